The fourth-order valence-electron chi connectivity index (χ4n) is 3.87. The topological polar surface area (TPSA) is 92.5 Å². The number of esters is 1. The molecule has 2 aromatic heterocycles. The fraction of sp³-hybridized carbons (Fsp3) is 0.360. The summed E-state index contributed by atoms with van der Waals surface area (Å²) in [6.45, 7) is 8.23. The molecule has 0 saturated heterocycles. The lowest BCUT2D eigenvalue weighted by atomic mass is 10.1. The number of hydrogen-bond donors (Lipinski definition) is 0. The van der Waals surface area contributed by atoms with E-state index in [0.717, 1.165) is 28.5 Å². The second-order valence-electron chi connectivity index (χ2n) is 8.20. The van der Waals surface area contributed by atoms with Crippen molar-refractivity contribution in [2.24, 2.45) is 0 Å². The number of para-hydroxylation sites is 2. The molecule has 0 aliphatic carbocycles. The highest BCUT2D eigenvalue weighted by atomic mass is 32.2. The molecule has 3 heterocycles. The molecular weight excluding hydrogens is 454 g/mol. The smallest absolute Gasteiger partial charge is 0.316 e. The van der Waals surface area contributed by atoms with Gasteiger partial charge in [0.05, 0.1) is 12.3 Å². The molecule has 0 N–H and O–H groups in total. The quantitative estimate of drug-likeness (QED) is 0.207. The summed E-state index contributed by atoms with van der Waals surface area (Å²) < 4.78 is 19.1. The van der Waals surface area contributed by atoms with Gasteiger partial charge in [0.1, 0.15) is 6.61 Å². The molecule has 0 saturated carbocycles. The Labute approximate surface area is 202 Å². The van der Waals surface area contributed by atoms with Crippen molar-refractivity contribution in [3.8, 4) is 11.5 Å². The molecule has 1 atom stereocenters. The number of aromatic nitrogens is 3. The van der Waals surface area contributed by atoms with Gasteiger partial charge in [-0.2, -0.15) is 0 Å². The van der Waals surface area contributed by atoms with Crippen LogP contribution in [0.5, 0.6) is 11.5 Å². The summed E-state index contributed by atoms with van der Waals surface area (Å²) >= 11 is 1.19. The molecule has 3 aromatic rings. The van der Waals surface area contributed by atoms with Crippen LogP contribution in [0.2, 0.25) is 0 Å². The Morgan fingerprint density at radius 1 is 1.09 bits per heavy atom. The Hall–Kier alpha value is -3.33. The Balaban J connectivity index is 1.32. The molecule has 4 rings (SSSR count). The van der Waals surface area contributed by atoms with Crippen molar-refractivity contribution < 1.29 is 23.8 Å². The third-order valence-corrected chi connectivity index (χ3v) is 6.29. The van der Waals surface area contributed by atoms with E-state index < -0.39 is 5.97 Å². The average Bonchev–Trinajstić information content (AvgIpc) is 3.09. The third-order valence-electron chi connectivity index (χ3n) is 5.47. The minimum atomic E-state index is -0.485. The van der Waals surface area contributed by atoms with Crippen LogP contribution in [0.15, 0.2) is 41.6 Å². The van der Waals surface area contributed by atoms with Crippen molar-refractivity contribution in [1.82, 2.24) is 14.5 Å². The number of thioether (sulfide) groups is 1. The number of fused-ring (bicyclic) bond motifs is 1. The van der Waals surface area contributed by atoms with Gasteiger partial charge in [0.2, 0.25) is 5.78 Å². The number of Topliss-reactive ketones (excluding diaryl/α,β-unsaturated/α-hetero) is 1. The van der Waals surface area contributed by atoms with E-state index in [1.165, 1.54) is 11.8 Å². The fourth-order valence-corrected chi connectivity index (χ4v) is 4.62. The zero-order valence-electron chi connectivity index (χ0n) is 19.7. The molecule has 1 aromatic carbocycles. The summed E-state index contributed by atoms with van der Waals surface area (Å²) in [4.78, 5) is 33.5. The highest BCUT2D eigenvalue weighted by molar-refractivity contribution is 7.99. The predicted molar refractivity (Wildman–Crippen MR) is 128 cm³/mol. The lowest BCUT2D eigenvalue weighted by molar-refractivity contribution is -0.139. The van der Waals surface area contributed by atoms with Crippen LogP contribution in [0.1, 0.15) is 33.1 Å². The molecule has 8 nitrogen and oxygen atoms in total. The van der Waals surface area contributed by atoms with Gasteiger partial charge >= 0.3 is 5.97 Å². The van der Waals surface area contributed by atoms with Gasteiger partial charge in [0.15, 0.2) is 29.4 Å². The number of benzene rings is 1. The molecule has 178 valence electrons. The molecule has 9 heteroatoms. The minimum absolute atomic E-state index is 0.0374. The number of nitrogens with zero attached hydrogens (tertiary/aromatic N) is 3. The Morgan fingerprint density at radius 3 is 2.53 bits per heavy atom. The van der Waals surface area contributed by atoms with E-state index in [4.69, 9.17) is 14.2 Å². The van der Waals surface area contributed by atoms with Crippen molar-refractivity contribution in [3.05, 3.63) is 64.7 Å². The number of ketones is 1. The first-order chi connectivity index (χ1) is 16.3. The number of ether oxygens (including phenoxy) is 3. The van der Waals surface area contributed by atoms with Gasteiger partial charge in [-0.05, 0) is 52.0 Å². The van der Waals surface area contributed by atoms with Crippen molar-refractivity contribution in [2.75, 3.05) is 19.0 Å². The van der Waals surface area contributed by atoms with Crippen molar-refractivity contribution >= 4 is 23.5 Å². The summed E-state index contributed by atoms with van der Waals surface area (Å²) in [5, 5.41) is 0.515. The largest absolute Gasteiger partial charge is 0.486 e. The second kappa shape index (κ2) is 10.3. The van der Waals surface area contributed by atoms with Gasteiger partial charge in [0.25, 0.3) is 0 Å². The molecule has 1 aliphatic rings. The molecule has 0 fully saturated rings. The van der Waals surface area contributed by atoms with Crippen LogP contribution in [0.3, 0.4) is 0 Å². The van der Waals surface area contributed by atoms with Crippen molar-refractivity contribution in [2.45, 2.75) is 45.5 Å². The Morgan fingerprint density at radius 2 is 1.79 bits per heavy atom. The van der Waals surface area contributed by atoms with Gasteiger partial charge in [0, 0.05) is 28.3 Å². The van der Waals surface area contributed by atoms with E-state index in [0.29, 0.717) is 29.6 Å². The number of hydrogen-bond acceptors (Lipinski definition) is 8. The van der Waals surface area contributed by atoms with Crippen molar-refractivity contribution in [1.29, 1.82) is 0 Å². The van der Waals surface area contributed by atoms with Gasteiger partial charge < -0.3 is 18.8 Å². The van der Waals surface area contributed by atoms with Gasteiger partial charge in [-0.3, -0.25) is 9.59 Å². The maximum Gasteiger partial charge on any atom is 0.316 e. The zero-order valence-corrected chi connectivity index (χ0v) is 20.5. The molecular formula is C25H27N3O5S. The predicted octanol–water partition coefficient (Wildman–Crippen LogP) is 3.87. The normalized spacial score (nSPS) is 14.6. The van der Waals surface area contributed by atoms with Crippen LogP contribution in [0, 0.1) is 27.7 Å². The SMILES string of the molecule is Cc1cc(C)nc(SCC(=O)OCC(=O)c2cc(C)n(CC3COc4ccccc4O3)c2C)n1. The summed E-state index contributed by atoms with van der Waals surface area (Å²) in [5.41, 5.74) is 3.94. The summed E-state index contributed by atoms with van der Waals surface area (Å²) in [7, 11) is 0. The lowest BCUT2D eigenvalue weighted by Crippen LogP contribution is -2.33. The molecule has 0 radical (unpaired) electrons. The Kier molecular flexibility index (Phi) is 7.21. The first-order valence-corrected chi connectivity index (χ1v) is 12.0. The molecule has 34 heavy (non-hydrogen) atoms. The first kappa shape index (κ1) is 23.8. The average molecular weight is 482 g/mol. The summed E-state index contributed by atoms with van der Waals surface area (Å²) in [6.07, 6.45) is -0.176. The van der Waals surface area contributed by atoms with Crippen LogP contribution < -0.4 is 9.47 Å². The van der Waals surface area contributed by atoms with Gasteiger partial charge in [-0.1, -0.05) is 23.9 Å². The molecule has 0 spiro atoms. The summed E-state index contributed by atoms with van der Waals surface area (Å²) in [6, 6.07) is 11.3. The zero-order chi connectivity index (χ0) is 24.2. The standard InChI is InChI=1S/C25H27N3O5S/c1-15-9-16(2)27-25(26-15)34-14-24(30)32-13-21(29)20-10-17(3)28(18(20)4)11-19-12-31-22-7-5-6-8-23(22)33-19/h5-10,19H,11-14H2,1-4H3. The highest BCUT2D eigenvalue weighted by Crippen LogP contribution is 2.31. The van der Waals surface area contributed by atoms with Crippen LogP contribution >= 0.6 is 11.8 Å². The van der Waals surface area contributed by atoms with Gasteiger partial charge in [-0.25, -0.2) is 9.97 Å². The maximum absolute atomic E-state index is 12.8. The van der Waals surface area contributed by atoms with E-state index >= 15 is 0 Å². The monoisotopic (exact) mass is 481 g/mol. The molecule has 0 amide bonds. The lowest BCUT2D eigenvalue weighted by Gasteiger charge is -2.27. The number of carbonyl (C=O) groups excluding carboxylic acids is 2. The van der Waals surface area contributed by atoms with E-state index in [1.54, 1.807) is 0 Å². The molecule has 0 bridgehead atoms. The first-order valence-electron chi connectivity index (χ1n) is 11.0. The third kappa shape index (κ3) is 5.59. The number of aryl methyl sites for hydroxylation is 3. The van der Waals surface area contributed by atoms with Crippen molar-refractivity contribution in [3.63, 3.8) is 0 Å². The Bertz CT molecular complexity index is 1200. The van der Waals surface area contributed by atoms with Gasteiger partial charge in [-0.15, -0.1) is 0 Å². The number of carbonyl (C=O) groups is 2. The van der Waals surface area contributed by atoms with Crippen LogP contribution in [0.25, 0.3) is 0 Å². The van der Waals surface area contributed by atoms with Crippen LogP contribution in [-0.4, -0.2) is 51.4 Å². The molecule has 1 unspecified atom stereocenters. The molecule has 1 aliphatic heterocycles. The van der Waals surface area contributed by atoms with E-state index in [2.05, 4.69) is 9.97 Å². The second-order valence-corrected chi connectivity index (χ2v) is 9.14. The minimum Gasteiger partial charge on any atom is -0.486 e. The highest BCUT2D eigenvalue weighted by Gasteiger charge is 2.24. The maximum atomic E-state index is 12.8. The number of rotatable bonds is 8. The summed E-state index contributed by atoms with van der Waals surface area (Å²) in [5.74, 6) is 0.761. The van der Waals surface area contributed by atoms with Crippen LogP contribution in [-0.2, 0) is 16.1 Å². The van der Waals surface area contributed by atoms with E-state index in [1.807, 2.05) is 68.7 Å². The van der Waals surface area contributed by atoms with Crippen LogP contribution in [0.4, 0.5) is 0 Å². The van der Waals surface area contributed by atoms with E-state index in [9.17, 15) is 9.59 Å². The van der Waals surface area contributed by atoms with E-state index in [-0.39, 0.29) is 24.2 Å².